The number of anilines is 2. The van der Waals surface area contributed by atoms with Crippen molar-refractivity contribution in [3.8, 4) is 0 Å². The summed E-state index contributed by atoms with van der Waals surface area (Å²) < 4.78 is 0. The number of pyridine rings is 1. The van der Waals surface area contributed by atoms with Gasteiger partial charge in [0.05, 0.1) is 0 Å². The van der Waals surface area contributed by atoms with Gasteiger partial charge in [0.1, 0.15) is 5.82 Å². The zero-order chi connectivity index (χ0) is 15.2. The van der Waals surface area contributed by atoms with E-state index in [0.29, 0.717) is 11.4 Å². The zero-order valence-electron chi connectivity index (χ0n) is 12.7. The summed E-state index contributed by atoms with van der Waals surface area (Å²) in [7, 11) is 0. The maximum Gasteiger partial charge on any atom is 0.257 e. The third-order valence-corrected chi connectivity index (χ3v) is 3.20. The van der Waals surface area contributed by atoms with E-state index in [-0.39, 0.29) is 5.91 Å². The number of nitrogens with zero attached hydrogens (tertiary/aromatic N) is 1. The number of nitrogens with one attached hydrogen (secondary N) is 2. The summed E-state index contributed by atoms with van der Waals surface area (Å²) in [6.45, 7) is 6.95. The Morgan fingerprint density at radius 1 is 1.19 bits per heavy atom. The molecule has 0 spiro atoms. The average molecular weight is 283 g/mol. The largest absolute Gasteiger partial charge is 0.385 e. The first-order valence-corrected chi connectivity index (χ1v) is 7.18. The first kappa shape index (κ1) is 15.0. The SMILES string of the molecule is CCCNc1ccc(C(=O)Nc2ccc(C)cn2)c(C)c1. The summed E-state index contributed by atoms with van der Waals surface area (Å²) in [5.41, 5.74) is 3.72. The second kappa shape index (κ2) is 6.88. The number of hydrogen-bond acceptors (Lipinski definition) is 3. The molecule has 1 heterocycles. The summed E-state index contributed by atoms with van der Waals surface area (Å²) in [6, 6.07) is 9.50. The predicted octanol–water partition coefficient (Wildman–Crippen LogP) is 3.77. The van der Waals surface area contributed by atoms with Gasteiger partial charge in [0.15, 0.2) is 0 Å². The van der Waals surface area contributed by atoms with Gasteiger partial charge in [0, 0.05) is 24.0 Å². The van der Waals surface area contributed by atoms with Gasteiger partial charge in [-0.2, -0.15) is 0 Å². The minimum Gasteiger partial charge on any atom is -0.385 e. The molecule has 0 saturated heterocycles. The molecule has 0 atom stereocenters. The third kappa shape index (κ3) is 4.05. The Labute approximate surface area is 125 Å². The van der Waals surface area contributed by atoms with Crippen molar-refractivity contribution in [1.82, 2.24) is 4.98 Å². The van der Waals surface area contributed by atoms with E-state index in [1.807, 2.05) is 38.1 Å². The molecule has 1 aromatic carbocycles. The van der Waals surface area contributed by atoms with E-state index in [9.17, 15) is 4.79 Å². The van der Waals surface area contributed by atoms with Gasteiger partial charge in [0.2, 0.25) is 0 Å². The molecule has 0 aliphatic rings. The van der Waals surface area contributed by atoms with Gasteiger partial charge in [-0.1, -0.05) is 13.0 Å². The Kier molecular flexibility index (Phi) is 4.93. The highest BCUT2D eigenvalue weighted by Gasteiger charge is 2.10. The summed E-state index contributed by atoms with van der Waals surface area (Å²) in [4.78, 5) is 16.5. The van der Waals surface area contributed by atoms with Crippen LogP contribution in [-0.2, 0) is 0 Å². The molecule has 21 heavy (non-hydrogen) atoms. The number of carbonyl (C=O) groups is 1. The van der Waals surface area contributed by atoms with Crippen molar-refractivity contribution in [2.75, 3.05) is 17.2 Å². The van der Waals surface area contributed by atoms with E-state index in [1.54, 1.807) is 12.3 Å². The van der Waals surface area contributed by atoms with Gasteiger partial charge in [0.25, 0.3) is 5.91 Å². The van der Waals surface area contributed by atoms with Gasteiger partial charge in [-0.15, -0.1) is 0 Å². The van der Waals surface area contributed by atoms with Crippen LogP contribution in [0.4, 0.5) is 11.5 Å². The zero-order valence-corrected chi connectivity index (χ0v) is 12.7. The third-order valence-electron chi connectivity index (χ3n) is 3.20. The molecule has 0 fully saturated rings. The van der Waals surface area contributed by atoms with Crippen LogP contribution in [0, 0.1) is 13.8 Å². The second-order valence-electron chi connectivity index (χ2n) is 5.13. The lowest BCUT2D eigenvalue weighted by Gasteiger charge is -2.10. The highest BCUT2D eigenvalue weighted by molar-refractivity contribution is 6.05. The number of amides is 1. The highest BCUT2D eigenvalue weighted by atomic mass is 16.1. The Bertz CT molecular complexity index is 620. The molecule has 0 radical (unpaired) electrons. The topological polar surface area (TPSA) is 54.0 Å². The minimum absolute atomic E-state index is 0.133. The molecule has 2 rings (SSSR count). The van der Waals surface area contributed by atoms with Gasteiger partial charge in [-0.05, 0) is 55.7 Å². The second-order valence-corrected chi connectivity index (χ2v) is 5.13. The smallest absolute Gasteiger partial charge is 0.257 e. The van der Waals surface area contributed by atoms with Crippen LogP contribution in [-0.4, -0.2) is 17.4 Å². The molecule has 0 bridgehead atoms. The molecule has 0 aliphatic carbocycles. The van der Waals surface area contributed by atoms with Crippen molar-refractivity contribution in [3.63, 3.8) is 0 Å². The molecule has 1 amide bonds. The van der Waals surface area contributed by atoms with Crippen LogP contribution >= 0.6 is 0 Å². The number of aromatic nitrogens is 1. The molecule has 110 valence electrons. The van der Waals surface area contributed by atoms with Crippen LogP contribution in [0.5, 0.6) is 0 Å². The van der Waals surface area contributed by atoms with Crippen molar-refractivity contribution in [3.05, 3.63) is 53.2 Å². The van der Waals surface area contributed by atoms with Crippen molar-refractivity contribution in [1.29, 1.82) is 0 Å². The fourth-order valence-corrected chi connectivity index (χ4v) is 2.02. The Morgan fingerprint density at radius 2 is 2.00 bits per heavy atom. The Hall–Kier alpha value is -2.36. The van der Waals surface area contributed by atoms with Crippen molar-refractivity contribution in [2.45, 2.75) is 27.2 Å². The van der Waals surface area contributed by atoms with Crippen molar-refractivity contribution < 1.29 is 4.79 Å². The molecular formula is C17H21N3O. The first-order valence-electron chi connectivity index (χ1n) is 7.18. The van der Waals surface area contributed by atoms with Crippen LogP contribution in [0.3, 0.4) is 0 Å². The summed E-state index contributed by atoms with van der Waals surface area (Å²) in [5, 5.41) is 6.13. The molecule has 1 aromatic heterocycles. The lowest BCUT2D eigenvalue weighted by Crippen LogP contribution is -2.14. The summed E-state index contributed by atoms with van der Waals surface area (Å²) in [6.07, 6.45) is 2.81. The fourth-order valence-electron chi connectivity index (χ4n) is 2.02. The predicted molar refractivity (Wildman–Crippen MR) is 86.9 cm³/mol. The Morgan fingerprint density at radius 3 is 2.62 bits per heavy atom. The lowest BCUT2D eigenvalue weighted by atomic mass is 10.1. The molecular weight excluding hydrogens is 262 g/mol. The van der Waals surface area contributed by atoms with Crippen molar-refractivity contribution >= 4 is 17.4 Å². The number of hydrogen-bond donors (Lipinski definition) is 2. The fraction of sp³-hybridized carbons (Fsp3) is 0.294. The number of rotatable bonds is 5. The van der Waals surface area contributed by atoms with Crippen LogP contribution in [0.1, 0.15) is 34.8 Å². The first-order chi connectivity index (χ1) is 10.1. The van der Waals surface area contributed by atoms with E-state index in [1.165, 1.54) is 0 Å². The summed E-state index contributed by atoms with van der Waals surface area (Å²) in [5.74, 6) is 0.434. The minimum atomic E-state index is -0.133. The van der Waals surface area contributed by atoms with Crippen molar-refractivity contribution in [2.24, 2.45) is 0 Å². The van der Waals surface area contributed by atoms with Gasteiger partial charge >= 0.3 is 0 Å². The van der Waals surface area contributed by atoms with Gasteiger partial charge in [-0.3, -0.25) is 4.79 Å². The van der Waals surface area contributed by atoms with Gasteiger partial charge in [-0.25, -0.2) is 4.98 Å². The van der Waals surface area contributed by atoms with E-state index in [4.69, 9.17) is 0 Å². The number of benzene rings is 1. The highest BCUT2D eigenvalue weighted by Crippen LogP contribution is 2.16. The normalized spacial score (nSPS) is 10.2. The summed E-state index contributed by atoms with van der Waals surface area (Å²) >= 11 is 0. The molecule has 0 unspecified atom stereocenters. The average Bonchev–Trinajstić information content (AvgIpc) is 2.47. The maximum atomic E-state index is 12.3. The maximum absolute atomic E-state index is 12.3. The Balaban J connectivity index is 2.10. The monoisotopic (exact) mass is 283 g/mol. The molecule has 4 heteroatoms. The van der Waals surface area contributed by atoms with E-state index < -0.39 is 0 Å². The van der Waals surface area contributed by atoms with E-state index in [0.717, 1.165) is 29.8 Å². The molecule has 4 nitrogen and oxygen atoms in total. The standard InChI is InChI=1S/C17H21N3O/c1-4-9-18-14-6-7-15(13(3)10-14)17(21)20-16-8-5-12(2)11-19-16/h5-8,10-11,18H,4,9H2,1-3H3,(H,19,20,21). The number of carbonyl (C=O) groups excluding carboxylic acids is 1. The van der Waals surface area contributed by atoms with E-state index >= 15 is 0 Å². The van der Waals surface area contributed by atoms with E-state index in [2.05, 4.69) is 22.5 Å². The van der Waals surface area contributed by atoms with Crippen LogP contribution < -0.4 is 10.6 Å². The molecule has 2 N–H and O–H groups in total. The quantitative estimate of drug-likeness (QED) is 0.878. The lowest BCUT2D eigenvalue weighted by molar-refractivity contribution is 0.102. The molecule has 0 aliphatic heterocycles. The molecule has 0 saturated carbocycles. The van der Waals surface area contributed by atoms with Crippen LogP contribution in [0.25, 0.3) is 0 Å². The number of aryl methyl sites for hydroxylation is 2. The van der Waals surface area contributed by atoms with Crippen LogP contribution in [0.15, 0.2) is 36.5 Å². The van der Waals surface area contributed by atoms with Crippen LogP contribution in [0.2, 0.25) is 0 Å². The van der Waals surface area contributed by atoms with Gasteiger partial charge < -0.3 is 10.6 Å². The molecule has 2 aromatic rings.